The van der Waals surface area contributed by atoms with Crippen molar-refractivity contribution in [3.8, 4) is 0 Å². The Morgan fingerprint density at radius 1 is 1.46 bits per heavy atom. The lowest BCUT2D eigenvalue weighted by molar-refractivity contribution is 1.07. The van der Waals surface area contributed by atoms with Crippen molar-refractivity contribution in [1.29, 1.82) is 0 Å². The molecule has 72 valence electrons. The number of hydrogen-bond donors (Lipinski definition) is 1. The van der Waals surface area contributed by atoms with Gasteiger partial charge in [-0.2, -0.15) is 11.8 Å². The molecule has 0 aliphatic heterocycles. The van der Waals surface area contributed by atoms with Gasteiger partial charge >= 0.3 is 0 Å². The Labute approximate surface area is 88.7 Å². The molecule has 1 aromatic rings. The molecule has 0 heterocycles. The second-order valence-corrected chi connectivity index (χ2v) is 4.45. The smallest absolute Gasteiger partial charge is 0.0449 e. The standard InChI is InChI=1S/C10H14ClNS/c1-2-13-7-9-4-3-8(6-12)5-10(9)11/h3-5H,2,6-7,12H2,1H3. The summed E-state index contributed by atoms with van der Waals surface area (Å²) in [6.07, 6.45) is 0. The Kier molecular flexibility index (Phi) is 4.64. The number of halogens is 1. The van der Waals surface area contributed by atoms with E-state index >= 15 is 0 Å². The first kappa shape index (κ1) is 10.9. The van der Waals surface area contributed by atoms with Crippen molar-refractivity contribution in [2.75, 3.05) is 5.75 Å². The average molecular weight is 216 g/mol. The summed E-state index contributed by atoms with van der Waals surface area (Å²) >= 11 is 7.95. The van der Waals surface area contributed by atoms with E-state index < -0.39 is 0 Å². The largest absolute Gasteiger partial charge is 0.326 e. The second-order valence-electron chi connectivity index (χ2n) is 2.77. The number of nitrogens with two attached hydrogens (primary N) is 1. The van der Waals surface area contributed by atoms with Crippen molar-refractivity contribution in [3.05, 3.63) is 34.3 Å². The fraction of sp³-hybridized carbons (Fsp3) is 0.400. The van der Waals surface area contributed by atoms with E-state index in [0.717, 1.165) is 22.1 Å². The van der Waals surface area contributed by atoms with Gasteiger partial charge in [-0.15, -0.1) is 0 Å². The van der Waals surface area contributed by atoms with Crippen LogP contribution in [-0.4, -0.2) is 5.75 Å². The van der Waals surface area contributed by atoms with E-state index in [1.54, 1.807) is 0 Å². The van der Waals surface area contributed by atoms with Crippen molar-refractivity contribution >= 4 is 23.4 Å². The van der Waals surface area contributed by atoms with Crippen molar-refractivity contribution in [2.45, 2.75) is 19.2 Å². The van der Waals surface area contributed by atoms with Crippen LogP contribution in [0.4, 0.5) is 0 Å². The quantitative estimate of drug-likeness (QED) is 0.836. The van der Waals surface area contributed by atoms with Crippen LogP contribution in [0.1, 0.15) is 18.1 Å². The zero-order valence-electron chi connectivity index (χ0n) is 7.72. The van der Waals surface area contributed by atoms with Gasteiger partial charge < -0.3 is 5.73 Å². The molecule has 1 nitrogen and oxygen atoms in total. The lowest BCUT2D eigenvalue weighted by atomic mass is 10.1. The highest BCUT2D eigenvalue weighted by molar-refractivity contribution is 7.98. The van der Waals surface area contributed by atoms with E-state index in [1.165, 1.54) is 5.56 Å². The second kappa shape index (κ2) is 5.53. The number of benzene rings is 1. The van der Waals surface area contributed by atoms with E-state index in [9.17, 15) is 0 Å². The van der Waals surface area contributed by atoms with Crippen LogP contribution in [-0.2, 0) is 12.3 Å². The molecule has 0 aliphatic carbocycles. The van der Waals surface area contributed by atoms with Gasteiger partial charge in [-0.05, 0) is 22.9 Å². The molecule has 0 bridgehead atoms. The minimum absolute atomic E-state index is 0.556. The minimum atomic E-state index is 0.556. The molecule has 0 saturated heterocycles. The van der Waals surface area contributed by atoms with Gasteiger partial charge in [0.2, 0.25) is 0 Å². The summed E-state index contributed by atoms with van der Waals surface area (Å²) in [5.41, 5.74) is 7.80. The van der Waals surface area contributed by atoms with Crippen LogP contribution in [0.25, 0.3) is 0 Å². The van der Waals surface area contributed by atoms with Crippen LogP contribution in [0.15, 0.2) is 18.2 Å². The number of hydrogen-bond acceptors (Lipinski definition) is 2. The monoisotopic (exact) mass is 215 g/mol. The first-order valence-corrected chi connectivity index (χ1v) is 5.86. The third-order valence-electron chi connectivity index (χ3n) is 1.81. The molecule has 0 saturated carbocycles. The van der Waals surface area contributed by atoms with Gasteiger partial charge in [0.1, 0.15) is 0 Å². The Morgan fingerprint density at radius 2 is 2.23 bits per heavy atom. The van der Waals surface area contributed by atoms with Crippen LogP contribution < -0.4 is 5.73 Å². The van der Waals surface area contributed by atoms with Crippen LogP contribution in [0.5, 0.6) is 0 Å². The maximum Gasteiger partial charge on any atom is 0.0449 e. The van der Waals surface area contributed by atoms with E-state index in [0.29, 0.717) is 6.54 Å². The van der Waals surface area contributed by atoms with Crippen molar-refractivity contribution in [2.24, 2.45) is 5.73 Å². The summed E-state index contributed by atoms with van der Waals surface area (Å²) in [4.78, 5) is 0. The topological polar surface area (TPSA) is 26.0 Å². The fourth-order valence-corrected chi connectivity index (χ4v) is 2.07. The van der Waals surface area contributed by atoms with Crippen LogP contribution in [0, 0.1) is 0 Å². The predicted molar refractivity (Wildman–Crippen MR) is 61.2 cm³/mol. The third-order valence-corrected chi connectivity index (χ3v) is 3.09. The van der Waals surface area contributed by atoms with E-state index in [2.05, 4.69) is 13.0 Å². The van der Waals surface area contributed by atoms with Crippen molar-refractivity contribution < 1.29 is 0 Å². The van der Waals surface area contributed by atoms with Gasteiger partial charge in [0.15, 0.2) is 0 Å². The summed E-state index contributed by atoms with van der Waals surface area (Å²) in [6.45, 7) is 2.70. The van der Waals surface area contributed by atoms with Gasteiger partial charge in [0.05, 0.1) is 0 Å². The van der Waals surface area contributed by atoms with E-state index in [4.69, 9.17) is 17.3 Å². The van der Waals surface area contributed by atoms with Crippen LogP contribution >= 0.6 is 23.4 Å². The normalized spacial score (nSPS) is 10.4. The molecule has 0 aromatic heterocycles. The molecule has 1 rings (SSSR count). The van der Waals surface area contributed by atoms with Gasteiger partial charge in [-0.1, -0.05) is 30.7 Å². The first-order valence-electron chi connectivity index (χ1n) is 4.33. The lowest BCUT2D eigenvalue weighted by Gasteiger charge is -2.04. The Morgan fingerprint density at radius 3 is 2.77 bits per heavy atom. The molecule has 0 fully saturated rings. The lowest BCUT2D eigenvalue weighted by Crippen LogP contribution is -1.96. The molecule has 0 unspecified atom stereocenters. The Balaban J connectivity index is 2.73. The molecule has 0 spiro atoms. The van der Waals surface area contributed by atoms with Crippen LogP contribution in [0.2, 0.25) is 5.02 Å². The SMILES string of the molecule is CCSCc1ccc(CN)cc1Cl. The average Bonchev–Trinajstić information content (AvgIpc) is 2.16. The first-order chi connectivity index (χ1) is 6.27. The molecular weight excluding hydrogens is 202 g/mol. The highest BCUT2D eigenvalue weighted by atomic mass is 35.5. The van der Waals surface area contributed by atoms with Gasteiger partial charge in [0.25, 0.3) is 0 Å². The zero-order valence-corrected chi connectivity index (χ0v) is 9.29. The minimum Gasteiger partial charge on any atom is -0.326 e. The van der Waals surface area contributed by atoms with E-state index in [-0.39, 0.29) is 0 Å². The molecule has 0 radical (unpaired) electrons. The van der Waals surface area contributed by atoms with Crippen molar-refractivity contribution in [3.63, 3.8) is 0 Å². The molecule has 13 heavy (non-hydrogen) atoms. The summed E-state index contributed by atoms with van der Waals surface area (Å²) in [5, 5.41) is 0.837. The highest BCUT2D eigenvalue weighted by Gasteiger charge is 2.00. The zero-order chi connectivity index (χ0) is 9.68. The van der Waals surface area contributed by atoms with Gasteiger partial charge in [-0.3, -0.25) is 0 Å². The summed E-state index contributed by atoms with van der Waals surface area (Å²) < 4.78 is 0. The van der Waals surface area contributed by atoms with Gasteiger partial charge in [-0.25, -0.2) is 0 Å². The van der Waals surface area contributed by atoms with Crippen molar-refractivity contribution in [1.82, 2.24) is 0 Å². The highest BCUT2D eigenvalue weighted by Crippen LogP contribution is 2.22. The Hall–Kier alpha value is -0.180. The van der Waals surface area contributed by atoms with E-state index in [1.807, 2.05) is 23.9 Å². The van der Waals surface area contributed by atoms with Crippen LogP contribution in [0.3, 0.4) is 0 Å². The molecule has 3 heteroatoms. The summed E-state index contributed by atoms with van der Waals surface area (Å²) in [7, 11) is 0. The maximum atomic E-state index is 6.08. The molecule has 0 amide bonds. The molecular formula is C10H14ClNS. The number of thioether (sulfide) groups is 1. The Bertz CT molecular complexity index is 276. The third kappa shape index (κ3) is 3.22. The number of rotatable bonds is 4. The molecule has 2 N–H and O–H groups in total. The molecule has 0 aliphatic rings. The molecule has 0 atom stereocenters. The summed E-state index contributed by atoms with van der Waals surface area (Å²) in [6, 6.07) is 6.05. The molecule has 1 aromatic carbocycles. The summed E-state index contributed by atoms with van der Waals surface area (Å²) in [5.74, 6) is 2.11. The van der Waals surface area contributed by atoms with Gasteiger partial charge in [0, 0.05) is 17.3 Å². The maximum absolute atomic E-state index is 6.08. The fourth-order valence-electron chi connectivity index (χ4n) is 1.05. The predicted octanol–water partition coefficient (Wildman–Crippen LogP) is 3.05.